The highest BCUT2D eigenvalue weighted by molar-refractivity contribution is 5.98. The van der Waals surface area contributed by atoms with Crippen molar-refractivity contribution >= 4 is 23.8 Å². The number of imide groups is 1. The molecule has 2 fully saturated rings. The van der Waals surface area contributed by atoms with Gasteiger partial charge in [0, 0.05) is 31.1 Å². The summed E-state index contributed by atoms with van der Waals surface area (Å²) in [6.45, 7) is 3.11. The Hall–Kier alpha value is -2.90. The topological polar surface area (TPSA) is 108 Å². The second-order valence-corrected chi connectivity index (χ2v) is 7.05. The molecule has 0 unspecified atom stereocenters. The lowest BCUT2D eigenvalue weighted by Crippen LogP contribution is -2.53. The monoisotopic (exact) mass is 372 g/mol. The van der Waals surface area contributed by atoms with Crippen molar-refractivity contribution in [1.29, 1.82) is 0 Å². The van der Waals surface area contributed by atoms with Gasteiger partial charge in [-0.1, -0.05) is 17.7 Å². The maximum atomic E-state index is 12.5. The molecular formula is C19H24N4O4. The first-order chi connectivity index (χ1) is 12.9. The summed E-state index contributed by atoms with van der Waals surface area (Å²) in [4.78, 5) is 49.6. The van der Waals surface area contributed by atoms with Gasteiger partial charge in [-0.3, -0.25) is 19.7 Å². The minimum Gasteiger partial charge on any atom is -0.351 e. The molecule has 2 aliphatic heterocycles. The van der Waals surface area contributed by atoms with Crippen LogP contribution >= 0.6 is 0 Å². The van der Waals surface area contributed by atoms with Crippen LogP contribution in [0.25, 0.3) is 0 Å². The Balaban J connectivity index is 1.49. The standard InChI is InChI=1S/C19H24N4O4/c1-12-2-4-13(5-3-12)18(26)23-10-8-14(9-11-23)20-17(25)15-6-7-16(24)22-19(27)21-15/h2-5,14-15H,6-11H2,1H3,(H,20,25)(H2,21,22,24,27)/t15-/m1/s1. The van der Waals surface area contributed by atoms with Gasteiger partial charge in [-0.25, -0.2) is 4.79 Å². The maximum Gasteiger partial charge on any atom is 0.322 e. The van der Waals surface area contributed by atoms with E-state index in [-0.39, 0.29) is 36.6 Å². The van der Waals surface area contributed by atoms with Crippen LogP contribution in [-0.2, 0) is 9.59 Å². The molecule has 1 aromatic carbocycles. The normalized spacial score (nSPS) is 21.1. The summed E-state index contributed by atoms with van der Waals surface area (Å²) >= 11 is 0. The molecule has 0 bridgehead atoms. The second-order valence-electron chi connectivity index (χ2n) is 7.05. The van der Waals surface area contributed by atoms with Crippen LogP contribution in [0.15, 0.2) is 24.3 Å². The zero-order chi connectivity index (χ0) is 19.4. The van der Waals surface area contributed by atoms with Crippen molar-refractivity contribution in [2.75, 3.05) is 13.1 Å². The summed E-state index contributed by atoms with van der Waals surface area (Å²) in [7, 11) is 0. The van der Waals surface area contributed by atoms with Gasteiger partial charge in [-0.05, 0) is 38.3 Å². The minimum absolute atomic E-state index is 0.000366. The number of rotatable bonds is 3. The third-order valence-corrected chi connectivity index (χ3v) is 4.96. The molecule has 2 heterocycles. The Morgan fingerprint density at radius 1 is 1.07 bits per heavy atom. The van der Waals surface area contributed by atoms with Gasteiger partial charge >= 0.3 is 6.03 Å². The lowest BCUT2D eigenvalue weighted by molar-refractivity contribution is -0.124. The third-order valence-electron chi connectivity index (χ3n) is 4.96. The molecule has 3 rings (SSSR count). The van der Waals surface area contributed by atoms with E-state index in [0.29, 0.717) is 31.5 Å². The number of nitrogens with one attached hydrogen (secondary N) is 3. The van der Waals surface area contributed by atoms with E-state index in [9.17, 15) is 19.2 Å². The van der Waals surface area contributed by atoms with Crippen molar-refractivity contribution in [3.63, 3.8) is 0 Å². The van der Waals surface area contributed by atoms with Gasteiger partial charge in [0.15, 0.2) is 0 Å². The maximum absolute atomic E-state index is 12.5. The highest BCUT2D eigenvalue weighted by Crippen LogP contribution is 2.15. The third kappa shape index (κ3) is 4.84. The zero-order valence-corrected chi connectivity index (χ0v) is 15.3. The van der Waals surface area contributed by atoms with Gasteiger partial charge in [0.1, 0.15) is 6.04 Å². The van der Waals surface area contributed by atoms with Gasteiger partial charge in [-0.15, -0.1) is 0 Å². The lowest BCUT2D eigenvalue weighted by atomic mass is 10.0. The molecule has 3 N–H and O–H groups in total. The number of benzene rings is 1. The Morgan fingerprint density at radius 3 is 2.41 bits per heavy atom. The van der Waals surface area contributed by atoms with E-state index in [1.54, 1.807) is 4.90 Å². The van der Waals surface area contributed by atoms with E-state index in [2.05, 4.69) is 16.0 Å². The molecule has 27 heavy (non-hydrogen) atoms. The molecular weight excluding hydrogens is 348 g/mol. The van der Waals surface area contributed by atoms with E-state index < -0.39 is 12.1 Å². The summed E-state index contributed by atoms with van der Waals surface area (Å²) in [6, 6.07) is 6.08. The smallest absolute Gasteiger partial charge is 0.322 e. The van der Waals surface area contributed by atoms with Crippen LogP contribution in [0.5, 0.6) is 0 Å². The molecule has 5 amide bonds. The molecule has 2 aliphatic rings. The summed E-state index contributed by atoms with van der Waals surface area (Å²) in [6.07, 6.45) is 1.71. The minimum atomic E-state index is -0.719. The number of amides is 5. The number of carbonyl (C=O) groups is 4. The zero-order valence-electron chi connectivity index (χ0n) is 15.3. The molecule has 1 aromatic rings. The molecule has 8 nitrogen and oxygen atoms in total. The number of carbonyl (C=O) groups excluding carboxylic acids is 4. The first-order valence-corrected chi connectivity index (χ1v) is 9.19. The number of nitrogens with zero attached hydrogens (tertiary/aromatic N) is 1. The number of piperidine rings is 1. The molecule has 0 aliphatic carbocycles. The first-order valence-electron chi connectivity index (χ1n) is 9.19. The average molecular weight is 372 g/mol. The number of urea groups is 1. The van der Waals surface area contributed by atoms with Crippen LogP contribution in [0, 0.1) is 6.92 Å². The van der Waals surface area contributed by atoms with E-state index in [0.717, 1.165) is 5.56 Å². The van der Waals surface area contributed by atoms with E-state index in [4.69, 9.17) is 0 Å². The highest BCUT2D eigenvalue weighted by Gasteiger charge is 2.29. The van der Waals surface area contributed by atoms with E-state index in [1.807, 2.05) is 31.2 Å². The van der Waals surface area contributed by atoms with Gasteiger partial charge in [0.25, 0.3) is 5.91 Å². The van der Waals surface area contributed by atoms with E-state index >= 15 is 0 Å². The molecule has 2 saturated heterocycles. The Kier molecular flexibility index (Phi) is 5.73. The fourth-order valence-corrected chi connectivity index (χ4v) is 3.34. The van der Waals surface area contributed by atoms with Crippen molar-refractivity contribution in [2.45, 2.75) is 44.7 Å². The molecule has 0 aromatic heterocycles. The molecule has 0 saturated carbocycles. The predicted octanol–water partition coefficient (Wildman–Crippen LogP) is 0.704. The number of likely N-dealkylation sites (tertiary alicyclic amines) is 1. The molecule has 144 valence electrons. The van der Waals surface area contributed by atoms with Crippen LogP contribution in [0.2, 0.25) is 0 Å². The number of aryl methyl sites for hydroxylation is 1. The fraction of sp³-hybridized carbons (Fsp3) is 0.474. The van der Waals surface area contributed by atoms with Crippen molar-refractivity contribution in [2.24, 2.45) is 0 Å². The average Bonchev–Trinajstić information content (AvgIpc) is 2.82. The summed E-state index contributed by atoms with van der Waals surface area (Å²) in [5.74, 6) is -0.672. The Labute approximate surface area is 157 Å². The number of hydrogen-bond acceptors (Lipinski definition) is 4. The molecule has 1 atom stereocenters. The van der Waals surface area contributed by atoms with Gasteiger partial charge in [0.2, 0.25) is 11.8 Å². The highest BCUT2D eigenvalue weighted by atomic mass is 16.2. The number of hydrogen-bond donors (Lipinski definition) is 3. The lowest BCUT2D eigenvalue weighted by Gasteiger charge is -2.33. The van der Waals surface area contributed by atoms with E-state index in [1.165, 1.54) is 0 Å². The van der Waals surface area contributed by atoms with Crippen LogP contribution < -0.4 is 16.0 Å². The quantitative estimate of drug-likeness (QED) is 0.726. The van der Waals surface area contributed by atoms with Crippen molar-refractivity contribution in [3.05, 3.63) is 35.4 Å². The summed E-state index contributed by atoms with van der Waals surface area (Å²) in [5.41, 5.74) is 1.77. The van der Waals surface area contributed by atoms with Gasteiger partial charge in [0.05, 0.1) is 0 Å². The molecule has 0 radical (unpaired) electrons. The Morgan fingerprint density at radius 2 is 1.74 bits per heavy atom. The summed E-state index contributed by atoms with van der Waals surface area (Å²) < 4.78 is 0. The van der Waals surface area contributed by atoms with Crippen molar-refractivity contribution in [1.82, 2.24) is 20.9 Å². The SMILES string of the molecule is Cc1ccc(C(=O)N2CCC(NC(=O)[C@H]3CCC(=O)NC(=O)N3)CC2)cc1. The van der Waals surface area contributed by atoms with Crippen LogP contribution in [0.4, 0.5) is 4.79 Å². The van der Waals surface area contributed by atoms with Crippen molar-refractivity contribution in [3.8, 4) is 0 Å². The molecule has 0 spiro atoms. The van der Waals surface area contributed by atoms with Crippen molar-refractivity contribution < 1.29 is 19.2 Å². The molecule has 8 heteroatoms. The largest absolute Gasteiger partial charge is 0.351 e. The fourth-order valence-electron chi connectivity index (χ4n) is 3.34. The predicted molar refractivity (Wildman–Crippen MR) is 97.9 cm³/mol. The Bertz CT molecular complexity index is 739. The van der Waals surface area contributed by atoms with Crippen LogP contribution in [0.3, 0.4) is 0 Å². The van der Waals surface area contributed by atoms with Gasteiger partial charge in [-0.2, -0.15) is 0 Å². The second kappa shape index (κ2) is 8.20. The van der Waals surface area contributed by atoms with Crippen LogP contribution in [0.1, 0.15) is 41.6 Å². The van der Waals surface area contributed by atoms with Crippen LogP contribution in [-0.4, -0.2) is 53.8 Å². The van der Waals surface area contributed by atoms with Gasteiger partial charge < -0.3 is 15.5 Å². The first kappa shape index (κ1) is 18.9. The summed E-state index contributed by atoms with van der Waals surface area (Å²) in [5, 5.41) is 7.59.